The molecule has 3 aromatic heterocycles. The molecular formula is C18H17F3N6O2S. The smallest absolute Gasteiger partial charge is 0.346 e. The van der Waals surface area contributed by atoms with Crippen molar-refractivity contribution in [2.24, 2.45) is 0 Å². The number of H-pyrrole nitrogens is 1. The zero-order valence-corrected chi connectivity index (χ0v) is 16.4. The lowest BCUT2D eigenvalue weighted by atomic mass is 9.89. The Morgan fingerprint density at radius 2 is 2.07 bits per heavy atom. The summed E-state index contributed by atoms with van der Waals surface area (Å²) in [6, 6.07) is 5.73. The summed E-state index contributed by atoms with van der Waals surface area (Å²) >= 11 is 0. The Labute approximate surface area is 170 Å². The molecule has 0 saturated carbocycles. The third kappa shape index (κ3) is 3.66. The van der Waals surface area contributed by atoms with E-state index in [9.17, 15) is 26.9 Å². The van der Waals surface area contributed by atoms with Crippen LogP contribution in [0.25, 0.3) is 22.2 Å². The van der Waals surface area contributed by atoms with Crippen molar-refractivity contribution in [2.45, 2.75) is 24.6 Å². The molecule has 4 heterocycles. The summed E-state index contributed by atoms with van der Waals surface area (Å²) in [5.41, 5.74) is 1.42. The summed E-state index contributed by atoms with van der Waals surface area (Å²) in [6.45, 7) is -0.199. The number of alkyl halides is 3. The number of aromatic nitrogens is 4. The number of sulfonamides is 1. The summed E-state index contributed by atoms with van der Waals surface area (Å²) < 4.78 is 64.2. The molecule has 1 saturated heterocycles. The van der Waals surface area contributed by atoms with Crippen LogP contribution in [-0.2, 0) is 15.6 Å². The van der Waals surface area contributed by atoms with Crippen LogP contribution in [0.4, 0.5) is 13.2 Å². The Hall–Kier alpha value is -2.91. The van der Waals surface area contributed by atoms with E-state index >= 15 is 0 Å². The molecule has 0 atom stereocenters. The van der Waals surface area contributed by atoms with E-state index in [0.717, 1.165) is 20.8 Å². The molecule has 0 aliphatic carbocycles. The van der Waals surface area contributed by atoms with Crippen LogP contribution in [0.3, 0.4) is 0 Å². The number of aromatic amines is 1. The van der Waals surface area contributed by atoms with Gasteiger partial charge in [-0.15, -0.1) is 0 Å². The van der Waals surface area contributed by atoms with Gasteiger partial charge in [0.25, 0.3) is 0 Å². The molecule has 4 rings (SSSR count). The molecule has 3 aromatic rings. The highest BCUT2D eigenvalue weighted by Crippen LogP contribution is 2.36. The van der Waals surface area contributed by atoms with Gasteiger partial charge in [-0.2, -0.15) is 27.8 Å². The van der Waals surface area contributed by atoms with Gasteiger partial charge in [0.15, 0.2) is 0 Å². The fourth-order valence-corrected chi connectivity index (χ4v) is 5.22. The van der Waals surface area contributed by atoms with E-state index in [1.54, 1.807) is 29.5 Å². The van der Waals surface area contributed by atoms with Crippen molar-refractivity contribution >= 4 is 21.1 Å². The topological polar surface area (TPSA) is 108 Å². The number of nitrogens with zero attached hydrogens (tertiary/aromatic N) is 5. The van der Waals surface area contributed by atoms with E-state index in [1.165, 1.54) is 0 Å². The number of hydrogen-bond acceptors (Lipinski definition) is 5. The number of nitrogens with one attached hydrogen (secondary N) is 1. The zero-order chi connectivity index (χ0) is 21.6. The third-order valence-corrected chi connectivity index (χ3v) is 6.99. The largest absolute Gasteiger partial charge is 0.390 e. The van der Waals surface area contributed by atoms with Crippen molar-refractivity contribution in [2.75, 3.05) is 18.8 Å². The summed E-state index contributed by atoms with van der Waals surface area (Å²) in [4.78, 5) is 7.25. The van der Waals surface area contributed by atoms with Crippen LogP contribution in [0, 0.1) is 11.3 Å². The quantitative estimate of drug-likeness (QED) is 0.637. The Morgan fingerprint density at radius 3 is 2.77 bits per heavy atom. The fourth-order valence-electron chi connectivity index (χ4n) is 3.60. The molecule has 8 nitrogen and oxygen atoms in total. The van der Waals surface area contributed by atoms with Gasteiger partial charge >= 0.3 is 6.18 Å². The molecule has 1 aliphatic heterocycles. The highest BCUT2D eigenvalue weighted by molar-refractivity contribution is 7.89. The summed E-state index contributed by atoms with van der Waals surface area (Å²) in [5, 5.41) is 14.5. The molecule has 0 aromatic carbocycles. The van der Waals surface area contributed by atoms with E-state index in [2.05, 4.69) is 15.1 Å². The lowest BCUT2D eigenvalue weighted by Crippen LogP contribution is -2.64. The number of rotatable bonds is 6. The summed E-state index contributed by atoms with van der Waals surface area (Å²) in [7, 11) is -4.07. The zero-order valence-electron chi connectivity index (χ0n) is 15.6. The van der Waals surface area contributed by atoms with Gasteiger partial charge in [-0.3, -0.25) is 4.68 Å². The van der Waals surface area contributed by atoms with Gasteiger partial charge < -0.3 is 4.98 Å². The standard InChI is InChI=1S/C18H17F3N6O2S/c19-18(20,21)4-8-30(28,29)26-11-17(12-26,3-5-22)27-10-13(9-25-27)14-1-6-23-16-15(14)2-7-24-16/h1-2,6-7,9-10H,3-4,8,11-12H2,(H,23,24). The Kier molecular flexibility index (Phi) is 4.82. The maximum Gasteiger partial charge on any atom is 0.390 e. The number of hydrogen-bond donors (Lipinski definition) is 1. The van der Waals surface area contributed by atoms with E-state index in [-0.39, 0.29) is 19.5 Å². The number of fused-ring (bicyclic) bond motifs is 1. The van der Waals surface area contributed by atoms with E-state index in [4.69, 9.17) is 0 Å². The second-order valence-corrected chi connectivity index (χ2v) is 9.37. The maximum absolute atomic E-state index is 12.4. The van der Waals surface area contributed by atoms with Crippen LogP contribution in [0.1, 0.15) is 12.8 Å². The predicted octanol–water partition coefficient (Wildman–Crippen LogP) is 2.63. The molecule has 1 fully saturated rings. The van der Waals surface area contributed by atoms with Crippen molar-refractivity contribution in [3.8, 4) is 17.2 Å². The Morgan fingerprint density at radius 1 is 1.30 bits per heavy atom. The first-order chi connectivity index (χ1) is 14.1. The van der Waals surface area contributed by atoms with Crippen molar-refractivity contribution < 1.29 is 21.6 Å². The molecule has 1 N–H and O–H groups in total. The van der Waals surface area contributed by atoms with Gasteiger partial charge in [0.1, 0.15) is 11.2 Å². The molecule has 1 aliphatic rings. The predicted molar refractivity (Wildman–Crippen MR) is 102 cm³/mol. The lowest BCUT2D eigenvalue weighted by Gasteiger charge is -2.47. The maximum atomic E-state index is 12.4. The molecule has 0 spiro atoms. The molecule has 0 unspecified atom stereocenters. The molecule has 12 heteroatoms. The first-order valence-corrected chi connectivity index (χ1v) is 10.6. The van der Waals surface area contributed by atoms with Gasteiger partial charge in [0.2, 0.25) is 10.0 Å². The summed E-state index contributed by atoms with van der Waals surface area (Å²) in [6.07, 6.45) is 0.771. The SMILES string of the molecule is N#CCC1(n2cc(-c3ccnc4[nH]ccc34)cn2)CN(S(=O)(=O)CCC(F)(F)F)C1. The average Bonchev–Trinajstić information content (AvgIpc) is 3.31. The molecule has 0 radical (unpaired) electrons. The van der Waals surface area contributed by atoms with E-state index in [1.807, 2.05) is 18.2 Å². The van der Waals surface area contributed by atoms with Crippen molar-refractivity contribution in [3.63, 3.8) is 0 Å². The van der Waals surface area contributed by atoms with Crippen molar-refractivity contribution in [1.82, 2.24) is 24.1 Å². The first kappa shape index (κ1) is 20.4. The lowest BCUT2D eigenvalue weighted by molar-refractivity contribution is -0.130. The van der Waals surface area contributed by atoms with Gasteiger partial charge in [-0.25, -0.2) is 13.4 Å². The minimum atomic E-state index is -4.55. The highest BCUT2D eigenvalue weighted by atomic mass is 32.2. The highest BCUT2D eigenvalue weighted by Gasteiger charge is 2.50. The fraction of sp³-hybridized carbons (Fsp3) is 0.389. The molecule has 30 heavy (non-hydrogen) atoms. The van der Waals surface area contributed by atoms with Gasteiger partial charge in [-0.05, 0) is 17.7 Å². The first-order valence-electron chi connectivity index (χ1n) is 9.03. The van der Waals surface area contributed by atoms with E-state index < -0.39 is 33.9 Å². The minimum Gasteiger partial charge on any atom is -0.346 e. The monoisotopic (exact) mass is 438 g/mol. The second-order valence-electron chi connectivity index (χ2n) is 7.28. The molecular weight excluding hydrogens is 421 g/mol. The number of pyridine rings is 1. The Bertz CT molecular complexity index is 1220. The molecule has 0 bridgehead atoms. The average molecular weight is 438 g/mol. The molecule has 158 valence electrons. The molecule has 0 amide bonds. The van der Waals surface area contributed by atoms with Crippen LogP contribution in [0.2, 0.25) is 0 Å². The number of nitriles is 1. The summed E-state index contributed by atoms with van der Waals surface area (Å²) in [5.74, 6) is -1.01. The van der Waals surface area contributed by atoms with Gasteiger partial charge in [0, 0.05) is 42.6 Å². The minimum absolute atomic E-state index is 0.0185. The van der Waals surface area contributed by atoms with Crippen LogP contribution >= 0.6 is 0 Å². The number of halogens is 3. The van der Waals surface area contributed by atoms with Crippen LogP contribution in [0.15, 0.2) is 36.9 Å². The second kappa shape index (κ2) is 7.10. The van der Waals surface area contributed by atoms with Crippen LogP contribution in [-0.4, -0.2) is 57.5 Å². The van der Waals surface area contributed by atoms with E-state index in [0.29, 0.717) is 5.65 Å². The van der Waals surface area contributed by atoms with Gasteiger partial charge in [-0.1, -0.05) is 0 Å². The van der Waals surface area contributed by atoms with Crippen molar-refractivity contribution in [1.29, 1.82) is 5.26 Å². The normalized spacial score (nSPS) is 17.0. The Balaban J connectivity index is 1.57. The van der Waals surface area contributed by atoms with Crippen molar-refractivity contribution in [3.05, 3.63) is 36.9 Å². The van der Waals surface area contributed by atoms with Gasteiger partial charge in [0.05, 0.1) is 30.9 Å². The van der Waals surface area contributed by atoms with Crippen LogP contribution < -0.4 is 0 Å². The van der Waals surface area contributed by atoms with Crippen LogP contribution in [0.5, 0.6) is 0 Å². The third-order valence-electron chi connectivity index (χ3n) is 5.23.